The van der Waals surface area contributed by atoms with Crippen molar-refractivity contribution in [3.05, 3.63) is 39.9 Å². The minimum atomic E-state index is -4.51. The molecule has 0 fully saturated rings. The zero-order chi connectivity index (χ0) is 13.8. The van der Waals surface area contributed by atoms with Gasteiger partial charge in [-0.25, -0.2) is 0 Å². The Morgan fingerprint density at radius 1 is 1.39 bits per heavy atom. The third-order valence-corrected chi connectivity index (χ3v) is 1.88. The van der Waals surface area contributed by atoms with E-state index in [9.17, 15) is 28.1 Å². The number of rotatable bonds is 5. The number of non-ortho nitro benzene ring substituents is 1. The Labute approximate surface area is 99.3 Å². The SMILES string of the molecule is O=C(COCC(F)(F)F)c1cccc([N+](=O)[O-])c1. The molecule has 0 saturated heterocycles. The van der Waals surface area contributed by atoms with Gasteiger partial charge in [0.25, 0.3) is 5.69 Å². The summed E-state index contributed by atoms with van der Waals surface area (Å²) in [5.74, 6) is -0.747. The first kappa shape index (κ1) is 14.1. The number of ether oxygens (including phenoxy) is 1. The molecule has 98 valence electrons. The second-order valence-electron chi connectivity index (χ2n) is 3.34. The minimum Gasteiger partial charge on any atom is -0.364 e. The van der Waals surface area contributed by atoms with Crippen LogP contribution in [0, 0.1) is 10.1 Å². The zero-order valence-corrected chi connectivity index (χ0v) is 8.94. The number of nitrogens with zero attached hydrogens (tertiary/aromatic N) is 1. The number of Topliss-reactive ketones (excluding diaryl/α,β-unsaturated/α-hetero) is 1. The lowest BCUT2D eigenvalue weighted by atomic mass is 10.1. The van der Waals surface area contributed by atoms with E-state index in [1.54, 1.807) is 0 Å². The smallest absolute Gasteiger partial charge is 0.364 e. The van der Waals surface area contributed by atoms with Gasteiger partial charge in [0.05, 0.1) is 4.92 Å². The van der Waals surface area contributed by atoms with Gasteiger partial charge in [0, 0.05) is 17.7 Å². The molecule has 0 amide bonds. The quantitative estimate of drug-likeness (QED) is 0.464. The molecule has 0 atom stereocenters. The lowest BCUT2D eigenvalue weighted by Crippen LogP contribution is -2.20. The Bertz CT molecular complexity index is 459. The first-order chi connectivity index (χ1) is 8.29. The summed E-state index contributed by atoms with van der Waals surface area (Å²) in [7, 11) is 0. The van der Waals surface area contributed by atoms with Gasteiger partial charge >= 0.3 is 6.18 Å². The van der Waals surface area contributed by atoms with E-state index in [1.165, 1.54) is 18.2 Å². The van der Waals surface area contributed by atoms with Crippen LogP contribution in [0.15, 0.2) is 24.3 Å². The van der Waals surface area contributed by atoms with Crippen LogP contribution >= 0.6 is 0 Å². The Hall–Kier alpha value is -1.96. The molecular weight excluding hydrogens is 255 g/mol. The highest BCUT2D eigenvalue weighted by atomic mass is 19.4. The Morgan fingerprint density at radius 2 is 2.06 bits per heavy atom. The lowest BCUT2D eigenvalue weighted by molar-refractivity contribution is -0.384. The summed E-state index contributed by atoms with van der Waals surface area (Å²) in [4.78, 5) is 21.1. The number of carbonyl (C=O) groups is 1. The summed E-state index contributed by atoms with van der Waals surface area (Å²) in [6.45, 7) is -2.31. The second-order valence-corrected chi connectivity index (χ2v) is 3.34. The van der Waals surface area contributed by atoms with Crippen LogP contribution in [0.3, 0.4) is 0 Å². The van der Waals surface area contributed by atoms with Crippen molar-refractivity contribution in [2.45, 2.75) is 6.18 Å². The van der Waals surface area contributed by atoms with Crippen LogP contribution < -0.4 is 0 Å². The van der Waals surface area contributed by atoms with Crippen LogP contribution in [-0.2, 0) is 4.74 Å². The largest absolute Gasteiger partial charge is 0.411 e. The fourth-order valence-corrected chi connectivity index (χ4v) is 1.14. The molecule has 1 aromatic rings. The van der Waals surface area contributed by atoms with Gasteiger partial charge in [0.1, 0.15) is 13.2 Å². The molecule has 0 aliphatic rings. The fraction of sp³-hybridized carbons (Fsp3) is 0.300. The predicted octanol–water partition coefficient (Wildman–Crippen LogP) is 2.36. The topological polar surface area (TPSA) is 69.4 Å². The minimum absolute atomic E-state index is 0.0635. The summed E-state index contributed by atoms with van der Waals surface area (Å²) in [6, 6.07) is 4.70. The van der Waals surface area contributed by atoms with Crippen molar-refractivity contribution >= 4 is 11.5 Å². The van der Waals surface area contributed by atoms with Crippen LogP contribution in [0.1, 0.15) is 10.4 Å². The first-order valence-electron chi connectivity index (χ1n) is 4.72. The summed E-state index contributed by atoms with van der Waals surface area (Å²) in [6.07, 6.45) is -4.51. The highest BCUT2D eigenvalue weighted by molar-refractivity contribution is 5.97. The molecule has 1 rings (SSSR count). The molecule has 0 aliphatic carbocycles. The highest BCUT2D eigenvalue weighted by Crippen LogP contribution is 2.16. The molecule has 0 aliphatic heterocycles. The molecule has 0 heterocycles. The molecule has 0 bridgehead atoms. The molecule has 0 saturated carbocycles. The summed E-state index contributed by atoms with van der Waals surface area (Å²) in [5, 5.41) is 10.4. The molecular formula is C10H8F3NO4. The third kappa shape index (κ3) is 4.50. The normalized spacial score (nSPS) is 11.3. The van der Waals surface area contributed by atoms with Crippen molar-refractivity contribution in [2.75, 3.05) is 13.2 Å². The average Bonchev–Trinajstić information content (AvgIpc) is 2.27. The van der Waals surface area contributed by atoms with E-state index < -0.39 is 30.1 Å². The summed E-state index contributed by atoms with van der Waals surface area (Å²) in [5.41, 5.74) is -0.372. The molecule has 0 N–H and O–H groups in total. The van der Waals surface area contributed by atoms with Gasteiger partial charge < -0.3 is 4.74 Å². The summed E-state index contributed by atoms with van der Waals surface area (Å²) < 4.78 is 39.4. The zero-order valence-electron chi connectivity index (χ0n) is 8.94. The van der Waals surface area contributed by atoms with Crippen LogP contribution in [0.2, 0.25) is 0 Å². The maximum absolute atomic E-state index is 11.8. The number of alkyl halides is 3. The van der Waals surface area contributed by atoms with E-state index in [4.69, 9.17) is 0 Å². The molecule has 0 unspecified atom stereocenters. The summed E-state index contributed by atoms with van der Waals surface area (Å²) >= 11 is 0. The van der Waals surface area contributed by atoms with Gasteiger partial charge in [-0.1, -0.05) is 12.1 Å². The van der Waals surface area contributed by atoms with E-state index in [-0.39, 0.29) is 11.3 Å². The van der Waals surface area contributed by atoms with Crippen molar-refractivity contribution in [2.24, 2.45) is 0 Å². The van der Waals surface area contributed by atoms with E-state index >= 15 is 0 Å². The van der Waals surface area contributed by atoms with Gasteiger partial charge in [-0.2, -0.15) is 13.2 Å². The van der Waals surface area contributed by atoms with Crippen molar-refractivity contribution in [1.82, 2.24) is 0 Å². The molecule has 5 nitrogen and oxygen atoms in total. The Kier molecular flexibility index (Phi) is 4.38. The molecule has 0 aromatic heterocycles. The highest BCUT2D eigenvalue weighted by Gasteiger charge is 2.27. The van der Waals surface area contributed by atoms with Gasteiger partial charge in [-0.3, -0.25) is 14.9 Å². The Morgan fingerprint density at radius 3 is 2.61 bits per heavy atom. The molecule has 1 aromatic carbocycles. The van der Waals surface area contributed by atoms with Crippen molar-refractivity contribution in [3.63, 3.8) is 0 Å². The monoisotopic (exact) mass is 263 g/mol. The Balaban J connectivity index is 2.62. The predicted molar refractivity (Wildman–Crippen MR) is 54.3 cm³/mol. The number of hydrogen-bond donors (Lipinski definition) is 0. The van der Waals surface area contributed by atoms with Crippen LogP contribution in [0.25, 0.3) is 0 Å². The second kappa shape index (κ2) is 5.58. The van der Waals surface area contributed by atoms with E-state index in [2.05, 4.69) is 4.74 Å². The molecule has 0 radical (unpaired) electrons. The van der Waals surface area contributed by atoms with E-state index in [0.717, 1.165) is 6.07 Å². The van der Waals surface area contributed by atoms with Crippen molar-refractivity contribution in [3.8, 4) is 0 Å². The molecule has 8 heteroatoms. The van der Waals surface area contributed by atoms with Crippen LogP contribution in [0.5, 0.6) is 0 Å². The number of nitro benzene ring substituents is 1. The third-order valence-electron chi connectivity index (χ3n) is 1.88. The number of ketones is 1. The number of hydrogen-bond acceptors (Lipinski definition) is 4. The number of halogens is 3. The maximum atomic E-state index is 11.8. The van der Waals surface area contributed by atoms with Gasteiger partial charge in [-0.15, -0.1) is 0 Å². The lowest BCUT2D eigenvalue weighted by Gasteiger charge is -2.06. The fourth-order valence-electron chi connectivity index (χ4n) is 1.14. The number of carbonyl (C=O) groups excluding carboxylic acids is 1. The van der Waals surface area contributed by atoms with E-state index in [0.29, 0.717) is 0 Å². The molecule has 0 spiro atoms. The van der Waals surface area contributed by atoms with Crippen LogP contribution in [0.4, 0.5) is 18.9 Å². The van der Waals surface area contributed by atoms with Gasteiger partial charge in [0.15, 0.2) is 5.78 Å². The van der Waals surface area contributed by atoms with Crippen molar-refractivity contribution < 1.29 is 27.6 Å². The van der Waals surface area contributed by atoms with Gasteiger partial charge in [0.2, 0.25) is 0 Å². The van der Waals surface area contributed by atoms with Gasteiger partial charge in [-0.05, 0) is 0 Å². The van der Waals surface area contributed by atoms with Crippen molar-refractivity contribution in [1.29, 1.82) is 0 Å². The van der Waals surface area contributed by atoms with Crippen LogP contribution in [-0.4, -0.2) is 30.1 Å². The first-order valence-corrected chi connectivity index (χ1v) is 4.72. The number of nitro groups is 1. The van der Waals surface area contributed by atoms with E-state index in [1.807, 2.05) is 0 Å². The maximum Gasteiger partial charge on any atom is 0.411 e. The number of benzene rings is 1. The average molecular weight is 263 g/mol. The molecule has 18 heavy (non-hydrogen) atoms. The standard InChI is InChI=1S/C10H8F3NO4/c11-10(12,13)6-18-5-9(15)7-2-1-3-8(4-7)14(16)17/h1-4H,5-6H2.